The summed E-state index contributed by atoms with van der Waals surface area (Å²) in [6, 6.07) is 4.08. The normalized spacial score (nSPS) is 11.2. The molecule has 0 aromatic carbocycles. The minimum Gasteiger partial charge on any atom is -0.250 e. The van der Waals surface area contributed by atoms with Gasteiger partial charge in [0.05, 0.1) is 6.21 Å². The SMILES string of the molecule is Cc1ccc(C=Nn2cn[nH]c2=S)s1. The monoisotopic (exact) mass is 224 g/mol. The van der Waals surface area contributed by atoms with E-state index in [1.54, 1.807) is 23.9 Å². The van der Waals surface area contributed by atoms with E-state index in [0.29, 0.717) is 4.77 Å². The van der Waals surface area contributed by atoms with Gasteiger partial charge in [-0.1, -0.05) is 0 Å². The largest absolute Gasteiger partial charge is 0.250 e. The Balaban J connectivity index is 2.23. The molecule has 0 fully saturated rings. The van der Waals surface area contributed by atoms with E-state index in [4.69, 9.17) is 12.2 Å². The van der Waals surface area contributed by atoms with E-state index in [9.17, 15) is 0 Å². The van der Waals surface area contributed by atoms with Crippen molar-refractivity contribution in [2.24, 2.45) is 5.10 Å². The quantitative estimate of drug-likeness (QED) is 0.628. The second-order valence-corrected chi connectivity index (χ2v) is 4.41. The summed E-state index contributed by atoms with van der Waals surface area (Å²) in [7, 11) is 0. The fourth-order valence-corrected chi connectivity index (χ4v) is 1.86. The highest BCUT2D eigenvalue weighted by Gasteiger charge is 1.92. The molecular weight excluding hydrogens is 216 g/mol. The lowest BCUT2D eigenvalue weighted by Crippen LogP contribution is -1.86. The lowest BCUT2D eigenvalue weighted by molar-refractivity contribution is 0.863. The Morgan fingerprint density at radius 1 is 1.64 bits per heavy atom. The molecule has 0 saturated carbocycles. The van der Waals surface area contributed by atoms with Crippen LogP contribution in [0.3, 0.4) is 0 Å². The zero-order valence-corrected chi connectivity index (χ0v) is 9.10. The molecule has 0 amide bonds. The van der Waals surface area contributed by atoms with Gasteiger partial charge in [-0.05, 0) is 31.3 Å². The third-order valence-corrected chi connectivity index (χ3v) is 2.82. The van der Waals surface area contributed by atoms with E-state index in [2.05, 4.69) is 28.3 Å². The molecule has 2 rings (SSSR count). The molecule has 4 nitrogen and oxygen atoms in total. The number of aromatic nitrogens is 3. The van der Waals surface area contributed by atoms with Crippen LogP contribution in [0, 0.1) is 11.7 Å². The highest BCUT2D eigenvalue weighted by molar-refractivity contribution is 7.71. The molecule has 2 heterocycles. The van der Waals surface area contributed by atoms with Gasteiger partial charge in [-0.2, -0.15) is 14.9 Å². The van der Waals surface area contributed by atoms with Gasteiger partial charge in [0.2, 0.25) is 4.77 Å². The van der Waals surface area contributed by atoms with Crippen LogP contribution in [0.25, 0.3) is 0 Å². The van der Waals surface area contributed by atoms with Gasteiger partial charge in [-0.3, -0.25) is 5.10 Å². The van der Waals surface area contributed by atoms with Crippen molar-refractivity contribution >= 4 is 29.8 Å². The molecule has 0 spiro atoms. The van der Waals surface area contributed by atoms with Crippen molar-refractivity contribution in [2.45, 2.75) is 6.92 Å². The molecule has 0 radical (unpaired) electrons. The molecule has 0 unspecified atom stereocenters. The van der Waals surface area contributed by atoms with E-state index in [1.807, 2.05) is 6.07 Å². The van der Waals surface area contributed by atoms with Crippen molar-refractivity contribution in [1.29, 1.82) is 0 Å². The Bertz CT molecular complexity index is 505. The number of nitrogens with zero attached hydrogens (tertiary/aromatic N) is 3. The topological polar surface area (TPSA) is 46.0 Å². The maximum Gasteiger partial charge on any atom is 0.216 e. The van der Waals surface area contributed by atoms with E-state index in [1.165, 1.54) is 9.55 Å². The molecule has 2 aromatic heterocycles. The molecular formula is C8H8N4S2. The minimum atomic E-state index is 0.495. The molecule has 0 bridgehead atoms. The smallest absolute Gasteiger partial charge is 0.216 e. The van der Waals surface area contributed by atoms with Crippen LogP contribution in [0.5, 0.6) is 0 Å². The maximum atomic E-state index is 4.94. The fraction of sp³-hybridized carbons (Fsp3) is 0.125. The summed E-state index contributed by atoms with van der Waals surface area (Å²) in [6.45, 7) is 2.06. The molecule has 0 aliphatic carbocycles. The van der Waals surface area contributed by atoms with E-state index >= 15 is 0 Å². The summed E-state index contributed by atoms with van der Waals surface area (Å²) >= 11 is 6.63. The first-order chi connectivity index (χ1) is 6.75. The summed E-state index contributed by atoms with van der Waals surface area (Å²) in [5, 5.41) is 10.5. The van der Waals surface area contributed by atoms with Gasteiger partial charge in [0.25, 0.3) is 0 Å². The number of H-pyrrole nitrogens is 1. The number of aryl methyl sites for hydroxylation is 1. The summed E-state index contributed by atoms with van der Waals surface area (Å²) in [5.41, 5.74) is 0. The van der Waals surface area contributed by atoms with Gasteiger partial charge >= 0.3 is 0 Å². The second kappa shape index (κ2) is 3.85. The van der Waals surface area contributed by atoms with Crippen molar-refractivity contribution in [3.8, 4) is 0 Å². The van der Waals surface area contributed by atoms with Gasteiger partial charge in [0.15, 0.2) is 0 Å². The molecule has 14 heavy (non-hydrogen) atoms. The Morgan fingerprint density at radius 2 is 2.50 bits per heavy atom. The lowest BCUT2D eigenvalue weighted by Gasteiger charge is -1.87. The Labute approximate surface area is 89.9 Å². The van der Waals surface area contributed by atoms with Crippen LogP contribution >= 0.6 is 23.6 Å². The maximum absolute atomic E-state index is 4.94. The number of hydrogen-bond donors (Lipinski definition) is 1. The predicted octanol–water partition coefficient (Wildman–Crippen LogP) is 2.19. The average Bonchev–Trinajstić information content (AvgIpc) is 2.72. The van der Waals surface area contributed by atoms with Crippen molar-refractivity contribution < 1.29 is 0 Å². The summed E-state index contributed by atoms with van der Waals surface area (Å²) in [5.74, 6) is 0. The highest BCUT2D eigenvalue weighted by Crippen LogP contribution is 2.12. The Kier molecular flexibility index (Phi) is 2.55. The number of rotatable bonds is 2. The first-order valence-corrected chi connectivity index (χ1v) is 5.21. The van der Waals surface area contributed by atoms with Gasteiger partial charge < -0.3 is 0 Å². The van der Waals surface area contributed by atoms with Gasteiger partial charge in [0.1, 0.15) is 6.33 Å². The number of thiophene rings is 1. The zero-order valence-electron chi connectivity index (χ0n) is 7.47. The number of aromatic amines is 1. The highest BCUT2D eigenvalue weighted by atomic mass is 32.1. The first kappa shape index (κ1) is 9.29. The van der Waals surface area contributed by atoms with Crippen LogP contribution < -0.4 is 0 Å². The van der Waals surface area contributed by atoms with Gasteiger partial charge in [0, 0.05) is 9.75 Å². The van der Waals surface area contributed by atoms with E-state index in [-0.39, 0.29) is 0 Å². The van der Waals surface area contributed by atoms with E-state index < -0.39 is 0 Å². The molecule has 2 aromatic rings. The molecule has 0 aliphatic rings. The molecule has 0 saturated heterocycles. The predicted molar refractivity (Wildman–Crippen MR) is 59.5 cm³/mol. The van der Waals surface area contributed by atoms with Crippen molar-refractivity contribution in [3.63, 3.8) is 0 Å². The van der Waals surface area contributed by atoms with Crippen LogP contribution in [0.4, 0.5) is 0 Å². The van der Waals surface area contributed by atoms with Crippen molar-refractivity contribution in [1.82, 2.24) is 14.9 Å². The van der Waals surface area contributed by atoms with Crippen LogP contribution in [-0.4, -0.2) is 21.1 Å². The van der Waals surface area contributed by atoms with Gasteiger partial charge in [-0.15, -0.1) is 11.3 Å². The molecule has 1 N–H and O–H groups in total. The average molecular weight is 224 g/mol. The number of hydrogen-bond acceptors (Lipinski definition) is 4. The van der Waals surface area contributed by atoms with E-state index in [0.717, 1.165) is 4.88 Å². The molecule has 72 valence electrons. The zero-order chi connectivity index (χ0) is 9.97. The Morgan fingerprint density at radius 3 is 3.07 bits per heavy atom. The third-order valence-electron chi connectivity index (χ3n) is 1.61. The standard InChI is InChI=1S/C8H8N4S2/c1-6-2-3-7(14-6)4-10-12-5-9-11-8(12)13/h2-5H,1H3,(H,11,13). The van der Waals surface area contributed by atoms with Crippen molar-refractivity contribution in [2.75, 3.05) is 0 Å². The van der Waals surface area contributed by atoms with Gasteiger partial charge in [-0.25, -0.2) is 0 Å². The third kappa shape index (κ3) is 1.97. The van der Waals surface area contributed by atoms with Crippen LogP contribution in [-0.2, 0) is 0 Å². The Hall–Kier alpha value is -1.27. The molecule has 0 aliphatic heterocycles. The van der Waals surface area contributed by atoms with Crippen molar-refractivity contribution in [3.05, 3.63) is 33.0 Å². The second-order valence-electron chi connectivity index (χ2n) is 2.70. The fourth-order valence-electron chi connectivity index (χ4n) is 0.967. The van der Waals surface area contributed by atoms with Crippen LogP contribution in [0.15, 0.2) is 23.6 Å². The summed E-state index contributed by atoms with van der Waals surface area (Å²) < 4.78 is 2.01. The number of nitrogens with one attached hydrogen (secondary N) is 1. The molecule has 6 heteroatoms. The summed E-state index contributed by atoms with van der Waals surface area (Å²) in [4.78, 5) is 2.37. The lowest BCUT2D eigenvalue weighted by atomic mass is 10.4. The van der Waals surface area contributed by atoms with Crippen LogP contribution in [0.1, 0.15) is 9.75 Å². The minimum absolute atomic E-state index is 0.495. The van der Waals surface area contributed by atoms with Crippen LogP contribution in [0.2, 0.25) is 0 Å². The first-order valence-electron chi connectivity index (χ1n) is 3.98. The summed E-state index contributed by atoms with van der Waals surface area (Å²) in [6.07, 6.45) is 3.31. The molecule has 0 atom stereocenters.